The van der Waals surface area contributed by atoms with Gasteiger partial charge in [-0.25, -0.2) is 0 Å². The molecule has 1 aliphatic rings. The number of nitrogens with zero attached hydrogens (tertiary/aromatic N) is 1. The first kappa shape index (κ1) is 14.9. The Morgan fingerprint density at radius 2 is 2.00 bits per heavy atom. The van der Waals surface area contributed by atoms with Gasteiger partial charge in [-0.3, -0.25) is 0 Å². The summed E-state index contributed by atoms with van der Waals surface area (Å²) in [5.41, 5.74) is 0. The van der Waals surface area contributed by atoms with Crippen molar-refractivity contribution in [2.75, 3.05) is 46.4 Å². The quantitative estimate of drug-likeness (QED) is 0.659. The van der Waals surface area contributed by atoms with E-state index in [-0.39, 0.29) is 0 Å². The molecule has 0 aromatic rings. The van der Waals surface area contributed by atoms with Crippen molar-refractivity contribution in [1.29, 1.82) is 0 Å². The molecule has 0 aliphatic carbocycles. The van der Waals surface area contributed by atoms with Crippen LogP contribution in [0.25, 0.3) is 0 Å². The molecule has 0 atom stereocenters. The van der Waals surface area contributed by atoms with Gasteiger partial charge in [0.25, 0.3) is 0 Å². The van der Waals surface area contributed by atoms with Crippen molar-refractivity contribution in [3.8, 4) is 0 Å². The lowest BCUT2D eigenvalue weighted by Gasteiger charge is -2.27. The van der Waals surface area contributed by atoms with E-state index in [9.17, 15) is 0 Å². The molecule has 1 heterocycles. The van der Waals surface area contributed by atoms with Crippen molar-refractivity contribution >= 4 is 0 Å². The molecular formula is C14H30N2O. The smallest absolute Gasteiger partial charge is 0.0469 e. The van der Waals surface area contributed by atoms with Gasteiger partial charge in [0.05, 0.1) is 0 Å². The lowest BCUT2D eigenvalue weighted by atomic mass is 10.00. The van der Waals surface area contributed by atoms with Crippen LogP contribution in [0, 0.1) is 11.8 Å². The van der Waals surface area contributed by atoms with Crippen molar-refractivity contribution in [2.45, 2.75) is 33.1 Å². The minimum Gasteiger partial charge on any atom is -0.381 e. The summed E-state index contributed by atoms with van der Waals surface area (Å²) in [6, 6.07) is 0. The standard InChI is InChI=1S/C14H30N2O/c1-13(2)11-15-7-4-8-16(3)12-14-5-9-17-10-6-14/h13-15H,4-12H2,1-3H3. The second-order valence-corrected chi connectivity index (χ2v) is 5.77. The predicted molar refractivity (Wildman–Crippen MR) is 73.4 cm³/mol. The van der Waals surface area contributed by atoms with Gasteiger partial charge in [0.15, 0.2) is 0 Å². The van der Waals surface area contributed by atoms with Crippen LogP contribution in [0.2, 0.25) is 0 Å². The Morgan fingerprint density at radius 3 is 2.65 bits per heavy atom. The molecule has 0 aromatic heterocycles. The van der Waals surface area contributed by atoms with E-state index >= 15 is 0 Å². The highest BCUT2D eigenvalue weighted by Crippen LogP contribution is 2.15. The van der Waals surface area contributed by atoms with Gasteiger partial charge in [-0.05, 0) is 57.8 Å². The third-order valence-corrected chi connectivity index (χ3v) is 3.36. The highest BCUT2D eigenvalue weighted by atomic mass is 16.5. The maximum absolute atomic E-state index is 5.39. The first-order valence-electron chi connectivity index (χ1n) is 7.15. The molecule has 3 heteroatoms. The van der Waals surface area contributed by atoms with Crippen LogP contribution in [0.4, 0.5) is 0 Å². The summed E-state index contributed by atoms with van der Waals surface area (Å²) in [5.74, 6) is 1.62. The third kappa shape index (κ3) is 7.74. The maximum Gasteiger partial charge on any atom is 0.0469 e. The molecular weight excluding hydrogens is 212 g/mol. The Balaban J connectivity index is 1.95. The molecule has 0 amide bonds. The Hall–Kier alpha value is -0.120. The van der Waals surface area contributed by atoms with Crippen molar-refractivity contribution in [2.24, 2.45) is 11.8 Å². The number of hydrogen-bond donors (Lipinski definition) is 1. The zero-order valence-corrected chi connectivity index (χ0v) is 11.9. The van der Waals surface area contributed by atoms with E-state index in [0.29, 0.717) is 0 Å². The van der Waals surface area contributed by atoms with E-state index in [1.165, 1.54) is 32.4 Å². The predicted octanol–water partition coefficient (Wildman–Crippen LogP) is 1.98. The summed E-state index contributed by atoms with van der Waals surface area (Å²) in [4.78, 5) is 2.48. The lowest BCUT2D eigenvalue weighted by molar-refractivity contribution is 0.0556. The van der Waals surface area contributed by atoms with Crippen LogP contribution in [0.3, 0.4) is 0 Å². The van der Waals surface area contributed by atoms with Crippen LogP contribution >= 0.6 is 0 Å². The topological polar surface area (TPSA) is 24.5 Å². The number of nitrogens with one attached hydrogen (secondary N) is 1. The molecule has 1 N–H and O–H groups in total. The molecule has 1 aliphatic heterocycles. The normalized spacial score (nSPS) is 18.2. The average molecular weight is 242 g/mol. The van der Waals surface area contributed by atoms with Crippen molar-refractivity contribution < 1.29 is 4.74 Å². The van der Waals surface area contributed by atoms with Gasteiger partial charge >= 0.3 is 0 Å². The van der Waals surface area contributed by atoms with Crippen molar-refractivity contribution in [3.63, 3.8) is 0 Å². The first-order valence-corrected chi connectivity index (χ1v) is 7.15. The Morgan fingerprint density at radius 1 is 1.29 bits per heavy atom. The zero-order valence-electron chi connectivity index (χ0n) is 11.9. The molecule has 1 rings (SSSR count). The van der Waals surface area contributed by atoms with Crippen LogP contribution < -0.4 is 5.32 Å². The van der Waals surface area contributed by atoms with Gasteiger partial charge in [0, 0.05) is 19.8 Å². The van der Waals surface area contributed by atoms with E-state index in [1.54, 1.807) is 0 Å². The molecule has 0 unspecified atom stereocenters. The summed E-state index contributed by atoms with van der Waals surface area (Å²) in [5, 5.41) is 3.50. The van der Waals surface area contributed by atoms with Crippen LogP contribution in [0.15, 0.2) is 0 Å². The summed E-state index contributed by atoms with van der Waals surface area (Å²) < 4.78 is 5.39. The summed E-state index contributed by atoms with van der Waals surface area (Å²) >= 11 is 0. The minimum atomic E-state index is 0.759. The summed E-state index contributed by atoms with van der Waals surface area (Å²) in [7, 11) is 2.25. The molecule has 0 bridgehead atoms. The molecule has 0 saturated carbocycles. The number of rotatable bonds is 8. The van der Waals surface area contributed by atoms with Crippen LogP contribution in [-0.2, 0) is 4.74 Å². The Kier molecular flexibility index (Phi) is 7.82. The Labute approximate surface area is 107 Å². The molecule has 102 valence electrons. The largest absolute Gasteiger partial charge is 0.381 e. The molecule has 0 spiro atoms. The SMILES string of the molecule is CC(C)CNCCCN(C)CC1CCOCC1. The van der Waals surface area contributed by atoms with Crippen molar-refractivity contribution in [3.05, 3.63) is 0 Å². The second kappa shape index (κ2) is 8.90. The molecule has 0 radical (unpaired) electrons. The molecule has 3 nitrogen and oxygen atoms in total. The highest BCUT2D eigenvalue weighted by molar-refractivity contribution is 4.67. The first-order chi connectivity index (χ1) is 8.18. The molecule has 1 fully saturated rings. The minimum absolute atomic E-state index is 0.759. The second-order valence-electron chi connectivity index (χ2n) is 5.77. The monoisotopic (exact) mass is 242 g/mol. The fourth-order valence-corrected chi connectivity index (χ4v) is 2.33. The van der Waals surface area contributed by atoms with Crippen molar-refractivity contribution in [1.82, 2.24) is 10.2 Å². The summed E-state index contributed by atoms with van der Waals surface area (Å²) in [6.45, 7) is 11.2. The zero-order chi connectivity index (χ0) is 12.5. The van der Waals surface area contributed by atoms with E-state index in [0.717, 1.165) is 38.1 Å². The molecule has 1 saturated heterocycles. The van der Waals surface area contributed by atoms with Gasteiger partial charge in [-0.1, -0.05) is 13.8 Å². The lowest BCUT2D eigenvalue weighted by Crippen LogP contribution is -2.32. The van der Waals surface area contributed by atoms with Crippen LogP contribution in [-0.4, -0.2) is 51.3 Å². The van der Waals surface area contributed by atoms with Gasteiger partial charge in [-0.15, -0.1) is 0 Å². The number of ether oxygens (including phenoxy) is 1. The summed E-state index contributed by atoms with van der Waals surface area (Å²) in [6.07, 6.45) is 3.75. The molecule has 0 aromatic carbocycles. The third-order valence-electron chi connectivity index (χ3n) is 3.36. The fourth-order valence-electron chi connectivity index (χ4n) is 2.33. The van der Waals surface area contributed by atoms with E-state index in [4.69, 9.17) is 4.74 Å². The Bertz CT molecular complexity index is 179. The van der Waals surface area contributed by atoms with E-state index in [1.807, 2.05) is 0 Å². The van der Waals surface area contributed by atoms with Gasteiger partial charge in [0.1, 0.15) is 0 Å². The van der Waals surface area contributed by atoms with E-state index < -0.39 is 0 Å². The van der Waals surface area contributed by atoms with Gasteiger partial charge in [0.2, 0.25) is 0 Å². The average Bonchev–Trinajstić information content (AvgIpc) is 2.29. The van der Waals surface area contributed by atoms with Gasteiger partial charge in [-0.2, -0.15) is 0 Å². The number of hydrogen-bond acceptors (Lipinski definition) is 3. The highest BCUT2D eigenvalue weighted by Gasteiger charge is 2.15. The fraction of sp³-hybridized carbons (Fsp3) is 1.00. The maximum atomic E-state index is 5.39. The molecule has 17 heavy (non-hydrogen) atoms. The van der Waals surface area contributed by atoms with E-state index in [2.05, 4.69) is 31.1 Å². The van der Waals surface area contributed by atoms with Crippen LogP contribution in [0.1, 0.15) is 33.1 Å². The van der Waals surface area contributed by atoms with Gasteiger partial charge < -0.3 is 15.0 Å². The van der Waals surface area contributed by atoms with Crippen LogP contribution in [0.5, 0.6) is 0 Å².